The number of carbonyl (C=O) groups is 1. The minimum Gasteiger partial charge on any atom is -0.308 e. The predicted molar refractivity (Wildman–Crippen MR) is 63.9 cm³/mol. The van der Waals surface area contributed by atoms with Crippen LogP contribution in [0.15, 0.2) is 29.6 Å². The number of hydrogen-bond donors (Lipinski definition) is 1. The Morgan fingerprint density at radius 1 is 1.41 bits per heavy atom. The first-order valence-corrected chi connectivity index (χ1v) is 5.50. The fraction of sp³-hybridized carbons (Fsp3) is 0. The van der Waals surface area contributed by atoms with Gasteiger partial charge < -0.3 is 5.32 Å². The van der Waals surface area contributed by atoms with Crippen molar-refractivity contribution < 1.29 is 9.72 Å². The SMILES string of the molecule is O=CNc1nc(-c2cccs2)ccc1[N+](=O)[O-]. The molecule has 2 rings (SSSR count). The van der Waals surface area contributed by atoms with Crippen LogP contribution in [0.2, 0.25) is 0 Å². The lowest BCUT2D eigenvalue weighted by atomic mass is 10.3. The molecule has 86 valence electrons. The van der Waals surface area contributed by atoms with Crippen LogP contribution in [0.4, 0.5) is 11.5 Å². The lowest BCUT2D eigenvalue weighted by Gasteiger charge is -2.02. The van der Waals surface area contributed by atoms with E-state index in [4.69, 9.17) is 0 Å². The van der Waals surface area contributed by atoms with E-state index in [0.29, 0.717) is 12.1 Å². The molecule has 0 aliphatic heterocycles. The summed E-state index contributed by atoms with van der Waals surface area (Å²) in [4.78, 5) is 25.4. The third-order valence-electron chi connectivity index (χ3n) is 2.04. The average Bonchev–Trinajstić information content (AvgIpc) is 2.82. The van der Waals surface area contributed by atoms with E-state index in [-0.39, 0.29) is 11.5 Å². The highest BCUT2D eigenvalue weighted by atomic mass is 32.1. The summed E-state index contributed by atoms with van der Waals surface area (Å²) in [6.45, 7) is 0. The molecule has 0 spiro atoms. The van der Waals surface area contributed by atoms with Crippen molar-refractivity contribution in [1.82, 2.24) is 4.98 Å². The molecule has 0 radical (unpaired) electrons. The Morgan fingerprint density at radius 3 is 2.82 bits per heavy atom. The van der Waals surface area contributed by atoms with Crippen LogP contribution in [-0.2, 0) is 4.79 Å². The first kappa shape index (κ1) is 11.2. The Kier molecular flexibility index (Phi) is 3.10. The molecular weight excluding hydrogens is 242 g/mol. The average molecular weight is 249 g/mol. The summed E-state index contributed by atoms with van der Waals surface area (Å²) in [5.74, 6) is -0.0455. The largest absolute Gasteiger partial charge is 0.311 e. The number of aromatic nitrogens is 1. The predicted octanol–water partition coefficient (Wildman–Crippen LogP) is 2.29. The van der Waals surface area contributed by atoms with Crippen molar-refractivity contribution in [2.45, 2.75) is 0 Å². The van der Waals surface area contributed by atoms with Gasteiger partial charge in [0.2, 0.25) is 12.2 Å². The molecule has 2 aromatic rings. The Labute approximate surface area is 100 Å². The Bertz CT molecular complexity index is 554. The molecule has 0 atom stereocenters. The van der Waals surface area contributed by atoms with E-state index in [1.807, 2.05) is 17.5 Å². The maximum absolute atomic E-state index is 10.7. The standard InChI is InChI=1S/C10H7N3O3S/c14-6-11-10-8(13(15)16)4-3-7(12-10)9-2-1-5-17-9/h1-6H,(H,11,12,14). The molecule has 1 amide bonds. The summed E-state index contributed by atoms with van der Waals surface area (Å²) in [6.07, 6.45) is 0.369. The van der Waals surface area contributed by atoms with Crippen molar-refractivity contribution in [3.8, 4) is 10.6 Å². The Balaban J connectivity index is 2.49. The summed E-state index contributed by atoms with van der Waals surface area (Å²) >= 11 is 1.47. The number of amides is 1. The smallest absolute Gasteiger partial charge is 0.308 e. The van der Waals surface area contributed by atoms with Gasteiger partial charge in [-0.1, -0.05) is 6.07 Å². The normalized spacial score (nSPS) is 9.88. The third-order valence-corrected chi connectivity index (χ3v) is 2.93. The number of carbonyl (C=O) groups excluding carboxylic acids is 1. The molecule has 0 saturated carbocycles. The van der Waals surface area contributed by atoms with E-state index in [0.717, 1.165) is 4.88 Å². The highest BCUT2D eigenvalue weighted by Gasteiger charge is 2.16. The molecule has 0 aliphatic carbocycles. The minimum absolute atomic E-state index is 0.0455. The second-order valence-corrected chi connectivity index (χ2v) is 4.01. The lowest BCUT2D eigenvalue weighted by molar-refractivity contribution is -0.384. The van der Waals surface area contributed by atoms with Gasteiger partial charge in [0.15, 0.2) is 0 Å². The zero-order chi connectivity index (χ0) is 12.3. The van der Waals surface area contributed by atoms with Crippen LogP contribution in [-0.4, -0.2) is 16.3 Å². The van der Waals surface area contributed by atoms with Crippen LogP contribution < -0.4 is 5.32 Å². The van der Waals surface area contributed by atoms with Crippen molar-refractivity contribution >= 4 is 29.3 Å². The van der Waals surface area contributed by atoms with E-state index in [9.17, 15) is 14.9 Å². The van der Waals surface area contributed by atoms with Gasteiger partial charge in [0.25, 0.3) is 0 Å². The van der Waals surface area contributed by atoms with Crippen LogP contribution >= 0.6 is 11.3 Å². The minimum atomic E-state index is -0.586. The van der Waals surface area contributed by atoms with Crippen LogP contribution in [0.3, 0.4) is 0 Å². The Morgan fingerprint density at radius 2 is 2.24 bits per heavy atom. The molecule has 0 aromatic carbocycles. The highest BCUT2D eigenvalue weighted by molar-refractivity contribution is 7.13. The van der Waals surface area contributed by atoms with Gasteiger partial charge in [0, 0.05) is 6.07 Å². The fourth-order valence-electron chi connectivity index (χ4n) is 1.32. The molecule has 7 heteroatoms. The van der Waals surface area contributed by atoms with Gasteiger partial charge in [-0.25, -0.2) is 4.98 Å². The zero-order valence-corrected chi connectivity index (χ0v) is 9.31. The first-order valence-electron chi connectivity index (χ1n) is 4.62. The van der Waals surface area contributed by atoms with Crippen LogP contribution in [0.25, 0.3) is 10.6 Å². The van der Waals surface area contributed by atoms with Gasteiger partial charge >= 0.3 is 5.69 Å². The molecule has 0 saturated heterocycles. The summed E-state index contributed by atoms with van der Waals surface area (Å²) in [5.41, 5.74) is 0.368. The maximum Gasteiger partial charge on any atom is 0.311 e. The number of nitrogens with zero attached hydrogens (tertiary/aromatic N) is 2. The van der Waals surface area contributed by atoms with Gasteiger partial charge in [-0.05, 0) is 17.5 Å². The number of anilines is 1. The van der Waals surface area contributed by atoms with Gasteiger partial charge in [-0.15, -0.1) is 11.3 Å². The van der Waals surface area contributed by atoms with E-state index in [2.05, 4.69) is 10.3 Å². The quantitative estimate of drug-likeness (QED) is 0.511. The monoisotopic (exact) mass is 249 g/mol. The van der Waals surface area contributed by atoms with Crippen molar-refractivity contribution in [3.05, 3.63) is 39.8 Å². The van der Waals surface area contributed by atoms with Gasteiger partial charge in [-0.2, -0.15) is 0 Å². The number of nitro groups is 1. The van der Waals surface area contributed by atoms with Crippen molar-refractivity contribution in [2.24, 2.45) is 0 Å². The van der Waals surface area contributed by atoms with Crippen LogP contribution in [0.5, 0.6) is 0 Å². The molecule has 2 aromatic heterocycles. The van der Waals surface area contributed by atoms with Gasteiger partial charge in [0.1, 0.15) is 0 Å². The number of pyridine rings is 1. The number of thiophene rings is 1. The van der Waals surface area contributed by atoms with Crippen LogP contribution in [0.1, 0.15) is 0 Å². The molecule has 2 heterocycles. The maximum atomic E-state index is 10.7. The van der Waals surface area contributed by atoms with E-state index in [1.165, 1.54) is 17.4 Å². The molecule has 6 nitrogen and oxygen atoms in total. The molecule has 1 N–H and O–H groups in total. The lowest BCUT2D eigenvalue weighted by Crippen LogP contribution is -2.02. The number of rotatable bonds is 4. The summed E-state index contributed by atoms with van der Waals surface area (Å²) in [6, 6.07) is 6.59. The first-order chi connectivity index (χ1) is 8.22. The highest BCUT2D eigenvalue weighted by Crippen LogP contribution is 2.28. The molecular formula is C10H7N3O3S. The third kappa shape index (κ3) is 2.28. The Hall–Kier alpha value is -2.28. The summed E-state index contributed by atoms with van der Waals surface area (Å²) < 4.78 is 0. The van der Waals surface area contributed by atoms with Crippen molar-refractivity contribution in [3.63, 3.8) is 0 Å². The molecule has 0 fully saturated rings. The second kappa shape index (κ2) is 4.71. The van der Waals surface area contributed by atoms with Crippen molar-refractivity contribution in [2.75, 3.05) is 5.32 Å². The van der Waals surface area contributed by atoms with E-state index >= 15 is 0 Å². The van der Waals surface area contributed by atoms with Gasteiger partial charge in [0.05, 0.1) is 15.5 Å². The number of nitrogens with one attached hydrogen (secondary N) is 1. The zero-order valence-electron chi connectivity index (χ0n) is 8.49. The molecule has 17 heavy (non-hydrogen) atoms. The molecule has 0 aliphatic rings. The van der Waals surface area contributed by atoms with E-state index in [1.54, 1.807) is 6.07 Å². The summed E-state index contributed by atoms with van der Waals surface area (Å²) in [5, 5.41) is 14.8. The molecule has 0 unspecified atom stereocenters. The number of hydrogen-bond acceptors (Lipinski definition) is 5. The summed E-state index contributed by atoms with van der Waals surface area (Å²) in [7, 11) is 0. The van der Waals surface area contributed by atoms with E-state index < -0.39 is 4.92 Å². The van der Waals surface area contributed by atoms with Gasteiger partial charge in [-0.3, -0.25) is 14.9 Å². The van der Waals surface area contributed by atoms with Crippen molar-refractivity contribution in [1.29, 1.82) is 0 Å². The van der Waals surface area contributed by atoms with Crippen LogP contribution in [0, 0.1) is 10.1 Å². The molecule has 0 bridgehead atoms. The second-order valence-electron chi connectivity index (χ2n) is 3.06. The topological polar surface area (TPSA) is 85.1 Å². The fourth-order valence-corrected chi connectivity index (χ4v) is 2.02.